The maximum Gasteiger partial charge on any atom is 0.373 e. The third kappa shape index (κ3) is 5.46. The molecule has 6 nitrogen and oxygen atoms in total. The van der Waals surface area contributed by atoms with E-state index in [9.17, 15) is 9.59 Å². The third-order valence-electron chi connectivity index (χ3n) is 5.55. The average molecular weight is 412 g/mol. The maximum absolute atomic E-state index is 12.3. The van der Waals surface area contributed by atoms with Gasteiger partial charge in [0.25, 0.3) is 0 Å². The lowest BCUT2D eigenvalue weighted by Gasteiger charge is -2.39. The fourth-order valence-electron chi connectivity index (χ4n) is 3.37. The molecule has 3 atom stereocenters. The summed E-state index contributed by atoms with van der Waals surface area (Å²) in [7, 11) is 0. The monoisotopic (exact) mass is 412 g/mol. The van der Waals surface area contributed by atoms with Gasteiger partial charge in [0.15, 0.2) is 0 Å². The predicted molar refractivity (Wildman–Crippen MR) is 111 cm³/mol. The fourth-order valence-corrected chi connectivity index (χ4v) is 3.37. The van der Waals surface area contributed by atoms with Crippen LogP contribution in [0.3, 0.4) is 0 Å². The van der Waals surface area contributed by atoms with Gasteiger partial charge in [-0.3, -0.25) is 9.78 Å². The van der Waals surface area contributed by atoms with Crippen molar-refractivity contribution in [1.29, 1.82) is 0 Å². The standard InChI is InChI=1S/C24H28O6/c1-16-5-9-19(10-6-16)22(25)28-27-21-15-18(3)13-14-24(21,4)30-29-23(26)20-11-7-17(2)8-12-20/h5-12,18,21H,13-15H2,1-4H3. The SMILES string of the molecule is Cc1ccc(C(=O)OOC2CC(C)CCC2(C)OOC(=O)c2ccc(C)cc2)cc1. The Morgan fingerprint density at radius 3 is 1.90 bits per heavy atom. The number of hydrogen-bond acceptors (Lipinski definition) is 6. The number of rotatable bonds is 6. The molecular weight excluding hydrogens is 384 g/mol. The summed E-state index contributed by atoms with van der Waals surface area (Å²) in [6.07, 6.45) is 1.52. The predicted octanol–water partition coefficient (Wildman–Crippen LogP) is 5.13. The second-order valence-corrected chi connectivity index (χ2v) is 8.33. The lowest BCUT2D eigenvalue weighted by molar-refractivity contribution is -0.388. The minimum Gasteiger partial charge on any atom is -0.292 e. The molecule has 2 aromatic rings. The molecule has 30 heavy (non-hydrogen) atoms. The van der Waals surface area contributed by atoms with Gasteiger partial charge in [-0.25, -0.2) is 9.59 Å². The molecule has 3 rings (SSSR count). The fraction of sp³-hybridized carbons (Fsp3) is 0.417. The molecule has 160 valence electrons. The van der Waals surface area contributed by atoms with Crippen LogP contribution in [0, 0.1) is 19.8 Å². The normalized spacial score (nSPS) is 23.6. The molecule has 0 N–H and O–H groups in total. The summed E-state index contributed by atoms with van der Waals surface area (Å²) in [5.74, 6) is -0.796. The summed E-state index contributed by atoms with van der Waals surface area (Å²) in [6.45, 7) is 7.77. The van der Waals surface area contributed by atoms with Crippen LogP contribution in [0.25, 0.3) is 0 Å². The summed E-state index contributed by atoms with van der Waals surface area (Å²) in [4.78, 5) is 45.9. The molecule has 1 aliphatic carbocycles. The first-order valence-electron chi connectivity index (χ1n) is 10.2. The zero-order valence-corrected chi connectivity index (χ0v) is 17.8. The van der Waals surface area contributed by atoms with E-state index in [1.165, 1.54) is 0 Å². The van der Waals surface area contributed by atoms with Gasteiger partial charge in [-0.05, 0) is 70.2 Å². The Morgan fingerprint density at radius 2 is 1.37 bits per heavy atom. The topological polar surface area (TPSA) is 71.1 Å². The highest BCUT2D eigenvalue weighted by molar-refractivity contribution is 5.89. The van der Waals surface area contributed by atoms with E-state index in [1.807, 2.05) is 38.1 Å². The second-order valence-electron chi connectivity index (χ2n) is 8.33. The van der Waals surface area contributed by atoms with Crippen molar-refractivity contribution in [2.45, 2.75) is 58.7 Å². The quantitative estimate of drug-likeness (QED) is 0.484. The van der Waals surface area contributed by atoms with Crippen LogP contribution in [0.2, 0.25) is 0 Å². The van der Waals surface area contributed by atoms with Crippen LogP contribution in [0.15, 0.2) is 48.5 Å². The van der Waals surface area contributed by atoms with Crippen molar-refractivity contribution in [3.8, 4) is 0 Å². The molecule has 1 fully saturated rings. The largest absolute Gasteiger partial charge is 0.373 e. The number of carbonyl (C=O) groups excluding carboxylic acids is 2. The Kier molecular flexibility index (Phi) is 6.90. The molecule has 0 saturated heterocycles. The van der Waals surface area contributed by atoms with Crippen LogP contribution in [0.1, 0.15) is 65.0 Å². The zero-order valence-electron chi connectivity index (χ0n) is 17.8. The molecule has 1 aliphatic rings. The van der Waals surface area contributed by atoms with Gasteiger partial charge in [0.1, 0.15) is 11.7 Å². The van der Waals surface area contributed by atoms with Gasteiger partial charge >= 0.3 is 11.9 Å². The van der Waals surface area contributed by atoms with Crippen molar-refractivity contribution in [3.63, 3.8) is 0 Å². The van der Waals surface area contributed by atoms with Crippen LogP contribution in [-0.2, 0) is 19.6 Å². The van der Waals surface area contributed by atoms with Gasteiger partial charge in [-0.15, -0.1) is 0 Å². The van der Waals surface area contributed by atoms with Crippen LogP contribution in [-0.4, -0.2) is 23.6 Å². The molecule has 1 saturated carbocycles. The van der Waals surface area contributed by atoms with Gasteiger partial charge in [-0.1, -0.05) is 42.3 Å². The lowest BCUT2D eigenvalue weighted by Crippen LogP contribution is -2.48. The Labute approximate surface area is 176 Å². The van der Waals surface area contributed by atoms with Crippen LogP contribution >= 0.6 is 0 Å². The molecule has 0 aromatic heterocycles. The molecule has 2 aromatic carbocycles. The molecule has 3 unspecified atom stereocenters. The Bertz CT molecular complexity index is 874. The number of carbonyl (C=O) groups is 2. The van der Waals surface area contributed by atoms with E-state index in [1.54, 1.807) is 31.2 Å². The van der Waals surface area contributed by atoms with E-state index in [0.717, 1.165) is 17.5 Å². The van der Waals surface area contributed by atoms with Gasteiger partial charge in [0, 0.05) is 0 Å². The van der Waals surface area contributed by atoms with Gasteiger partial charge in [0.05, 0.1) is 11.1 Å². The molecular formula is C24H28O6. The van der Waals surface area contributed by atoms with Crippen LogP contribution in [0.5, 0.6) is 0 Å². The molecule has 0 radical (unpaired) electrons. The van der Waals surface area contributed by atoms with Crippen molar-refractivity contribution in [2.75, 3.05) is 0 Å². The molecule has 6 heteroatoms. The minimum absolute atomic E-state index is 0.359. The van der Waals surface area contributed by atoms with Crippen molar-refractivity contribution >= 4 is 11.9 Å². The molecule has 0 amide bonds. The average Bonchev–Trinajstić information content (AvgIpc) is 2.74. The highest BCUT2D eigenvalue weighted by Crippen LogP contribution is 2.37. The Morgan fingerprint density at radius 1 is 0.867 bits per heavy atom. The summed E-state index contributed by atoms with van der Waals surface area (Å²) in [5, 5.41) is 0. The van der Waals surface area contributed by atoms with Crippen molar-refractivity contribution in [1.82, 2.24) is 0 Å². The highest BCUT2D eigenvalue weighted by atomic mass is 17.2. The lowest BCUT2D eigenvalue weighted by atomic mass is 9.78. The smallest absolute Gasteiger partial charge is 0.292 e. The molecule has 0 aliphatic heterocycles. The Balaban J connectivity index is 1.62. The zero-order chi connectivity index (χ0) is 21.7. The summed E-state index contributed by atoms with van der Waals surface area (Å²) in [6, 6.07) is 14.1. The molecule has 0 spiro atoms. The molecule has 0 bridgehead atoms. The summed E-state index contributed by atoms with van der Waals surface area (Å²) >= 11 is 0. The number of benzene rings is 2. The van der Waals surface area contributed by atoms with Crippen LogP contribution < -0.4 is 0 Å². The minimum atomic E-state index is -0.930. The van der Waals surface area contributed by atoms with E-state index in [-0.39, 0.29) is 0 Å². The first-order chi connectivity index (χ1) is 14.3. The highest BCUT2D eigenvalue weighted by Gasteiger charge is 2.45. The van der Waals surface area contributed by atoms with Gasteiger partial charge in [0.2, 0.25) is 0 Å². The third-order valence-corrected chi connectivity index (χ3v) is 5.55. The molecule has 0 heterocycles. The maximum atomic E-state index is 12.3. The Hall–Kier alpha value is -2.70. The summed E-state index contributed by atoms with van der Waals surface area (Å²) in [5.41, 5.74) is 1.96. The number of aryl methyl sites for hydroxylation is 2. The first kappa shape index (κ1) is 22.0. The van der Waals surface area contributed by atoms with Gasteiger partial charge < -0.3 is 0 Å². The summed E-state index contributed by atoms with van der Waals surface area (Å²) < 4.78 is 0. The van der Waals surface area contributed by atoms with E-state index in [4.69, 9.17) is 19.6 Å². The second kappa shape index (κ2) is 9.41. The van der Waals surface area contributed by atoms with Crippen molar-refractivity contribution < 1.29 is 29.1 Å². The number of hydrogen-bond donors (Lipinski definition) is 0. The van der Waals surface area contributed by atoms with E-state index in [2.05, 4.69) is 6.92 Å². The van der Waals surface area contributed by atoms with Crippen molar-refractivity contribution in [2.24, 2.45) is 5.92 Å². The van der Waals surface area contributed by atoms with Gasteiger partial charge in [-0.2, -0.15) is 9.78 Å². The van der Waals surface area contributed by atoms with E-state index < -0.39 is 23.6 Å². The van der Waals surface area contributed by atoms with E-state index >= 15 is 0 Å². The van der Waals surface area contributed by atoms with Crippen molar-refractivity contribution in [3.05, 3.63) is 70.8 Å². The first-order valence-corrected chi connectivity index (χ1v) is 10.2. The van der Waals surface area contributed by atoms with Crippen LogP contribution in [0.4, 0.5) is 0 Å². The van der Waals surface area contributed by atoms with E-state index in [0.29, 0.717) is 29.9 Å².